The average Bonchev–Trinajstić information content (AvgIpc) is 2.72. The van der Waals surface area contributed by atoms with E-state index in [1.54, 1.807) is 0 Å². The van der Waals surface area contributed by atoms with Crippen LogP contribution in [-0.4, -0.2) is 29.6 Å². The molecule has 17 heavy (non-hydrogen) atoms. The van der Waals surface area contributed by atoms with E-state index in [-0.39, 0.29) is 28.4 Å². The van der Waals surface area contributed by atoms with Crippen LogP contribution in [0.4, 0.5) is 0 Å². The molecule has 0 saturated carbocycles. The molecule has 1 aromatic carbocycles. The van der Waals surface area contributed by atoms with Crippen molar-refractivity contribution in [3.8, 4) is 11.5 Å². The van der Waals surface area contributed by atoms with Gasteiger partial charge in [0.1, 0.15) is 11.5 Å². The summed E-state index contributed by atoms with van der Waals surface area (Å²) in [5.41, 5.74) is -0.109. The molecule has 0 aliphatic heterocycles. The SMILES string of the molecule is COc1cc(O)c(C=O)c2oc(C(=O)O)cc12. The molecule has 6 heteroatoms. The fourth-order valence-corrected chi connectivity index (χ4v) is 1.56. The van der Waals surface area contributed by atoms with Gasteiger partial charge in [0.05, 0.1) is 18.1 Å². The molecule has 0 bridgehead atoms. The molecule has 0 aliphatic rings. The summed E-state index contributed by atoms with van der Waals surface area (Å²) in [4.78, 5) is 21.6. The average molecular weight is 236 g/mol. The lowest BCUT2D eigenvalue weighted by Gasteiger charge is -2.03. The van der Waals surface area contributed by atoms with Gasteiger partial charge < -0.3 is 19.4 Å². The summed E-state index contributed by atoms with van der Waals surface area (Å²) >= 11 is 0. The summed E-state index contributed by atoms with van der Waals surface area (Å²) in [6, 6.07) is 2.47. The highest BCUT2D eigenvalue weighted by Crippen LogP contribution is 2.36. The van der Waals surface area contributed by atoms with Crippen LogP contribution in [0.3, 0.4) is 0 Å². The van der Waals surface area contributed by atoms with Crippen molar-refractivity contribution in [2.45, 2.75) is 0 Å². The van der Waals surface area contributed by atoms with Crippen LogP contribution in [-0.2, 0) is 0 Å². The van der Waals surface area contributed by atoms with E-state index in [1.165, 1.54) is 19.2 Å². The quantitative estimate of drug-likeness (QED) is 0.786. The van der Waals surface area contributed by atoms with Gasteiger partial charge >= 0.3 is 5.97 Å². The molecule has 0 radical (unpaired) electrons. The third kappa shape index (κ3) is 1.59. The zero-order valence-corrected chi connectivity index (χ0v) is 8.76. The second-order valence-corrected chi connectivity index (χ2v) is 3.29. The van der Waals surface area contributed by atoms with E-state index < -0.39 is 5.97 Å². The van der Waals surface area contributed by atoms with E-state index in [4.69, 9.17) is 14.3 Å². The lowest BCUT2D eigenvalue weighted by molar-refractivity contribution is 0.0664. The Labute approximate surface area is 95.0 Å². The number of ether oxygens (including phenoxy) is 1. The van der Waals surface area contributed by atoms with Gasteiger partial charge in [0.25, 0.3) is 0 Å². The minimum atomic E-state index is -1.26. The molecule has 6 nitrogen and oxygen atoms in total. The molecule has 0 aliphatic carbocycles. The molecule has 1 heterocycles. The van der Waals surface area contributed by atoms with Gasteiger partial charge in [-0.05, 0) is 0 Å². The maximum absolute atomic E-state index is 10.8. The summed E-state index contributed by atoms with van der Waals surface area (Å²) in [6.07, 6.45) is 0.395. The van der Waals surface area contributed by atoms with Crippen molar-refractivity contribution >= 4 is 23.2 Å². The van der Waals surface area contributed by atoms with Gasteiger partial charge in [-0.2, -0.15) is 0 Å². The van der Waals surface area contributed by atoms with Gasteiger partial charge in [0, 0.05) is 12.1 Å². The zero-order valence-electron chi connectivity index (χ0n) is 8.76. The standard InChI is InChI=1S/C11H8O6/c1-16-8-3-7(13)6(4-12)10-5(8)2-9(17-10)11(14)15/h2-4,13H,1H3,(H,14,15). The minimum Gasteiger partial charge on any atom is -0.507 e. The van der Waals surface area contributed by atoms with Crippen LogP contribution >= 0.6 is 0 Å². The smallest absolute Gasteiger partial charge is 0.371 e. The van der Waals surface area contributed by atoms with Crippen LogP contribution in [0.15, 0.2) is 16.5 Å². The monoisotopic (exact) mass is 236 g/mol. The number of carboxylic acids is 1. The number of phenolic OH excluding ortho intramolecular Hbond substituents is 1. The molecular weight excluding hydrogens is 228 g/mol. The molecule has 0 unspecified atom stereocenters. The van der Waals surface area contributed by atoms with E-state index in [0.717, 1.165) is 0 Å². The molecule has 2 aromatic rings. The number of hydrogen-bond acceptors (Lipinski definition) is 5. The molecule has 0 fully saturated rings. The molecule has 88 valence electrons. The van der Waals surface area contributed by atoms with E-state index in [2.05, 4.69) is 0 Å². The maximum atomic E-state index is 10.8. The van der Waals surface area contributed by atoms with Gasteiger partial charge in [0.2, 0.25) is 5.76 Å². The summed E-state index contributed by atoms with van der Waals surface area (Å²) in [5, 5.41) is 18.7. The number of carbonyl (C=O) groups is 2. The zero-order chi connectivity index (χ0) is 12.6. The highest BCUT2D eigenvalue weighted by atomic mass is 16.5. The van der Waals surface area contributed by atoms with Gasteiger partial charge in [-0.15, -0.1) is 0 Å². The van der Waals surface area contributed by atoms with Crippen molar-refractivity contribution in [3.63, 3.8) is 0 Å². The van der Waals surface area contributed by atoms with Crippen molar-refractivity contribution in [3.05, 3.63) is 23.5 Å². The van der Waals surface area contributed by atoms with Crippen LogP contribution in [0.1, 0.15) is 20.9 Å². The highest BCUT2D eigenvalue weighted by Gasteiger charge is 2.19. The fourth-order valence-electron chi connectivity index (χ4n) is 1.56. The summed E-state index contributed by atoms with van der Waals surface area (Å²) in [6.45, 7) is 0. The Kier molecular flexibility index (Phi) is 2.47. The van der Waals surface area contributed by atoms with Gasteiger partial charge in [-0.3, -0.25) is 4.79 Å². The third-order valence-electron chi connectivity index (χ3n) is 2.33. The molecule has 0 atom stereocenters. The van der Waals surface area contributed by atoms with Crippen molar-refractivity contribution in [2.75, 3.05) is 7.11 Å². The number of aromatic hydroxyl groups is 1. The predicted octanol–water partition coefficient (Wildman–Crippen LogP) is 1.66. The number of aromatic carboxylic acids is 1. The van der Waals surface area contributed by atoms with E-state index in [9.17, 15) is 14.7 Å². The van der Waals surface area contributed by atoms with Crippen LogP contribution in [0, 0.1) is 0 Å². The molecule has 0 saturated heterocycles. The largest absolute Gasteiger partial charge is 0.507 e. The minimum absolute atomic E-state index is 0.00532. The number of carbonyl (C=O) groups excluding carboxylic acids is 1. The second kappa shape index (κ2) is 3.82. The number of hydrogen-bond donors (Lipinski definition) is 2. The normalized spacial score (nSPS) is 10.4. The first-order valence-electron chi connectivity index (χ1n) is 4.60. The Morgan fingerprint density at radius 3 is 2.71 bits per heavy atom. The van der Waals surface area contributed by atoms with Gasteiger partial charge in [0.15, 0.2) is 11.9 Å². The number of methoxy groups -OCH3 is 1. The molecule has 2 N–H and O–H groups in total. The fraction of sp³-hybridized carbons (Fsp3) is 0.0909. The Bertz CT molecular complexity index is 610. The van der Waals surface area contributed by atoms with Crippen LogP contribution in [0.5, 0.6) is 11.5 Å². The Morgan fingerprint density at radius 1 is 1.47 bits per heavy atom. The first-order chi connectivity index (χ1) is 8.08. The summed E-state index contributed by atoms with van der Waals surface area (Å²) < 4.78 is 9.98. The second-order valence-electron chi connectivity index (χ2n) is 3.29. The summed E-state index contributed by atoms with van der Waals surface area (Å²) in [7, 11) is 1.36. The van der Waals surface area contributed by atoms with Crippen molar-refractivity contribution in [2.24, 2.45) is 0 Å². The van der Waals surface area contributed by atoms with E-state index >= 15 is 0 Å². The van der Waals surface area contributed by atoms with Crippen LogP contribution < -0.4 is 4.74 Å². The van der Waals surface area contributed by atoms with Crippen LogP contribution in [0.2, 0.25) is 0 Å². The first-order valence-corrected chi connectivity index (χ1v) is 4.60. The number of aldehydes is 1. The Hall–Kier alpha value is -2.50. The van der Waals surface area contributed by atoms with Crippen molar-refractivity contribution in [1.29, 1.82) is 0 Å². The maximum Gasteiger partial charge on any atom is 0.371 e. The Morgan fingerprint density at radius 2 is 2.18 bits per heavy atom. The van der Waals surface area contributed by atoms with E-state index in [0.29, 0.717) is 11.7 Å². The van der Waals surface area contributed by atoms with Crippen molar-refractivity contribution in [1.82, 2.24) is 0 Å². The lowest BCUT2D eigenvalue weighted by atomic mass is 10.1. The number of carboxylic acid groups (broad SMARTS) is 1. The van der Waals surface area contributed by atoms with Gasteiger partial charge in [-0.1, -0.05) is 0 Å². The number of rotatable bonds is 3. The molecule has 0 amide bonds. The Balaban J connectivity index is 2.87. The number of furan rings is 1. The molecular formula is C11H8O6. The molecule has 2 rings (SSSR count). The number of phenols is 1. The molecule has 1 aromatic heterocycles. The third-order valence-corrected chi connectivity index (χ3v) is 2.33. The van der Waals surface area contributed by atoms with E-state index in [1.807, 2.05) is 0 Å². The van der Waals surface area contributed by atoms with Gasteiger partial charge in [-0.25, -0.2) is 4.79 Å². The highest BCUT2D eigenvalue weighted by molar-refractivity contribution is 6.03. The number of benzene rings is 1. The molecule has 0 spiro atoms. The predicted molar refractivity (Wildman–Crippen MR) is 56.8 cm³/mol. The first kappa shape index (κ1) is 11.0. The summed E-state index contributed by atoms with van der Waals surface area (Å²) in [5.74, 6) is -1.68. The number of fused-ring (bicyclic) bond motifs is 1. The lowest BCUT2D eigenvalue weighted by Crippen LogP contribution is -1.91. The van der Waals surface area contributed by atoms with Crippen LogP contribution in [0.25, 0.3) is 11.0 Å². The topological polar surface area (TPSA) is 97.0 Å². The van der Waals surface area contributed by atoms with Crippen molar-refractivity contribution < 1.29 is 29.0 Å².